The number of aromatic nitrogens is 3. The molecule has 1 aliphatic heterocycles. The zero-order chi connectivity index (χ0) is 21.4. The van der Waals surface area contributed by atoms with Gasteiger partial charge in [-0.1, -0.05) is 11.6 Å². The van der Waals surface area contributed by atoms with Crippen molar-refractivity contribution < 1.29 is 18.3 Å². The topological polar surface area (TPSA) is 63.5 Å². The van der Waals surface area contributed by atoms with E-state index in [4.69, 9.17) is 11.6 Å². The summed E-state index contributed by atoms with van der Waals surface area (Å²) in [5.41, 5.74) is 4.54. The number of nitrogens with zero attached hydrogens (tertiary/aromatic N) is 5. The molecule has 1 aliphatic carbocycles. The molecule has 0 atom stereocenters. The fraction of sp³-hybridized carbons (Fsp3) is 0.450. The van der Waals surface area contributed by atoms with E-state index < -0.39 is 19.1 Å². The third-order valence-corrected chi connectivity index (χ3v) is 5.88. The van der Waals surface area contributed by atoms with Gasteiger partial charge in [0.05, 0.1) is 16.4 Å². The van der Waals surface area contributed by atoms with E-state index in [2.05, 4.69) is 19.6 Å². The molecule has 3 heterocycles. The third kappa shape index (κ3) is 3.86. The van der Waals surface area contributed by atoms with Crippen LogP contribution in [0.25, 0.3) is 10.6 Å². The number of piperazine rings is 1. The van der Waals surface area contributed by atoms with Crippen LogP contribution in [-0.2, 0) is 18.2 Å². The van der Waals surface area contributed by atoms with Gasteiger partial charge in [-0.15, -0.1) is 0 Å². The van der Waals surface area contributed by atoms with Crippen LogP contribution in [0.2, 0.25) is 0 Å². The summed E-state index contributed by atoms with van der Waals surface area (Å²) >= 11 is 6.79. The number of pyridine rings is 1. The number of hydrogen-bond donors (Lipinski definition) is 0. The van der Waals surface area contributed by atoms with Crippen LogP contribution in [0.4, 0.5) is 19.3 Å². The first-order chi connectivity index (χ1) is 14.3. The van der Waals surface area contributed by atoms with Gasteiger partial charge in [-0.05, 0) is 13.0 Å². The molecule has 2 aromatic rings. The van der Waals surface area contributed by atoms with Gasteiger partial charge in [0.1, 0.15) is 5.82 Å². The summed E-state index contributed by atoms with van der Waals surface area (Å²) in [5.74, 6) is 0.904. The van der Waals surface area contributed by atoms with Crippen LogP contribution in [0.5, 0.6) is 0 Å². The largest absolute Gasteiger partial charge is 0.443 e. The molecule has 0 radical (unpaired) electrons. The lowest BCUT2D eigenvalue weighted by Crippen LogP contribution is -2.49. The van der Waals surface area contributed by atoms with E-state index in [0.29, 0.717) is 37.6 Å². The molecule has 2 aliphatic rings. The molecule has 10 heteroatoms. The van der Waals surface area contributed by atoms with Crippen molar-refractivity contribution in [3.63, 3.8) is 0 Å². The number of alkyl halides is 2. The van der Waals surface area contributed by atoms with Crippen molar-refractivity contribution in [1.29, 1.82) is 0 Å². The van der Waals surface area contributed by atoms with Crippen LogP contribution >= 0.6 is 11.6 Å². The highest BCUT2D eigenvalue weighted by atomic mass is 35.5. The first kappa shape index (κ1) is 20.6. The quantitative estimate of drug-likeness (QED) is 0.734. The molecule has 2 aromatic heterocycles. The van der Waals surface area contributed by atoms with Crippen LogP contribution in [0, 0.1) is 6.92 Å². The highest BCUT2D eigenvalue weighted by molar-refractivity contribution is 6.54. The molecular formula is C20H22ClF2N5O2. The van der Waals surface area contributed by atoms with Crippen LogP contribution in [0.3, 0.4) is 0 Å². The van der Waals surface area contributed by atoms with Gasteiger partial charge in [0.15, 0.2) is 6.61 Å². The number of rotatable bonds is 4. The number of carbonyl (C=O) groups excluding carboxylic acids is 1. The molecule has 0 unspecified atom stereocenters. The van der Waals surface area contributed by atoms with Gasteiger partial charge in [0.2, 0.25) is 0 Å². The molecule has 1 saturated heterocycles. The molecule has 4 rings (SSSR count). The molecule has 7 nitrogen and oxygen atoms in total. The van der Waals surface area contributed by atoms with E-state index in [1.165, 1.54) is 4.90 Å². The molecular weight excluding hydrogens is 416 g/mol. The Kier molecular flexibility index (Phi) is 5.64. The van der Waals surface area contributed by atoms with Crippen molar-refractivity contribution in [2.75, 3.05) is 37.7 Å². The maximum absolute atomic E-state index is 12.3. The van der Waals surface area contributed by atoms with Crippen LogP contribution < -0.4 is 4.90 Å². The van der Waals surface area contributed by atoms with Crippen molar-refractivity contribution >= 4 is 34.0 Å². The van der Waals surface area contributed by atoms with E-state index in [-0.39, 0.29) is 0 Å². The summed E-state index contributed by atoms with van der Waals surface area (Å²) in [4.78, 5) is 24.6. The Bertz CT molecular complexity index is 980. The lowest BCUT2D eigenvalue weighted by Gasteiger charge is -2.36. The Balaban J connectivity index is 1.52. The molecule has 160 valence electrons. The number of anilines is 1. The summed E-state index contributed by atoms with van der Waals surface area (Å²) in [6, 6.07) is 1.92. The predicted octanol–water partition coefficient (Wildman–Crippen LogP) is 3.31. The smallest absolute Gasteiger partial charge is 0.410 e. The number of allylic oxidation sites excluding steroid dienone is 1. The number of imidazole rings is 1. The normalized spacial score (nSPS) is 16.5. The summed E-state index contributed by atoms with van der Waals surface area (Å²) in [7, 11) is 1.94. The van der Waals surface area contributed by atoms with Gasteiger partial charge < -0.3 is 19.1 Å². The first-order valence-electron chi connectivity index (χ1n) is 9.67. The number of carbonyl (C=O) groups is 1. The summed E-state index contributed by atoms with van der Waals surface area (Å²) in [6.07, 6.45) is 0.955. The number of halogens is 3. The Hall–Kier alpha value is -2.68. The van der Waals surface area contributed by atoms with Gasteiger partial charge >= 0.3 is 6.09 Å². The monoisotopic (exact) mass is 437 g/mol. The maximum atomic E-state index is 12.3. The molecule has 1 fully saturated rings. The lowest BCUT2D eigenvalue weighted by molar-refractivity contribution is 0.0311. The van der Waals surface area contributed by atoms with Crippen molar-refractivity contribution in [2.24, 2.45) is 7.05 Å². The fourth-order valence-electron chi connectivity index (χ4n) is 3.79. The Morgan fingerprint density at radius 3 is 2.67 bits per heavy atom. The number of aryl methyl sites for hydroxylation is 2. The van der Waals surface area contributed by atoms with Crippen LogP contribution in [0.1, 0.15) is 22.8 Å². The van der Waals surface area contributed by atoms with Crippen LogP contribution in [0.15, 0.2) is 18.5 Å². The molecule has 1 amide bonds. The number of amides is 1. The minimum Gasteiger partial charge on any atom is -0.443 e. The van der Waals surface area contributed by atoms with Gasteiger partial charge in [-0.25, -0.2) is 18.6 Å². The van der Waals surface area contributed by atoms with Gasteiger partial charge in [0, 0.05) is 68.9 Å². The standard InChI is InChI=1S/C20H22ClF2N5O2/c1-12-25-15(10-26(12)2)13-9-14-18(19(13)21)16(3-4-24-14)27-5-7-28(8-6-27)20(29)30-11-17(22)23/h3-4,10,17H,5-9,11H2,1-2H3. The summed E-state index contributed by atoms with van der Waals surface area (Å²) in [6.45, 7) is 2.91. The lowest BCUT2D eigenvalue weighted by atomic mass is 10.1. The predicted molar refractivity (Wildman–Crippen MR) is 110 cm³/mol. The molecule has 0 saturated carbocycles. The van der Waals surface area contributed by atoms with Crippen molar-refractivity contribution in [3.8, 4) is 0 Å². The van der Waals surface area contributed by atoms with Crippen LogP contribution in [-0.4, -0.2) is 64.7 Å². The maximum Gasteiger partial charge on any atom is 0.410 e. The minimum atomic E-state index is -2.67. The van der Waals surface area contributed by atoms with Crippen molar-refractivity contribution in [1.82, 2.24) is 19.4 Å². The zero-order valence-corrected chi connectivity index (χ0v) is 17.5. The van der Waals surface area contributed by atoms with E-state index in [1.54, 1.807) is 6.20 Å². The molecule has 0 aromatic carbocycles. The molecule has 0 spiro atoms. The van der Waals surface area contributed by atoms with Gasteiger partial charge in [-0.2, -0.15) is 0 Å². The zero-order valence-electron chi connectivity index (χ0n) is 16.7. The highest BCUT2D eigenvalue weighted by Crippen LogP contribution is 2.44. The second-order valence-corrected chi connectivity index (χ2v) is 7.73. The summed E-state index contributed by atoms with van der Waals surface area (Å²) < 4.78 is 31.1. The second kappa shape index (κ2) is 8.22. The SMILES string of the molecule is Cc1nc(C2=C(Cl)c3c(N4CCN(C(=O)OCC(F)F)CC4)ccnc3C2)cn1C. The second-order valence-electron chi connectivity index (χ2n) is 7.35. The van der Waals surface area contributed by atoms with Gasteiger partial charge in [0.25, 0.3) is 6.43 Å². The number of fused-ring (bicyclic) bond motifs is 1. The van der Waals surface area contributed by atoms with E-state index in [0.717, 1.165) is 34.0 Å². The summed E-state index contributed by atoms with van der Waals surface area (Å²) in [5, 5.41) is 0.643. The number of hydrogen-bond acceptors (Lipinski definition) is 5. The van der Waals surface area contributed by atoms with E-state index in [1.807, 2.05) is 30.8 Å². The Labute approximate surface area is 177 Å². The Morgan fingerprint density at radius 2 is 2.03 bits per heavy atom. The van der Waals surface area contributed by atoms with Gasteiger partial charge in [-0.3, -0.25) is 4.98 Å². The Morgan fingerprint density at radius 1 is 1.30 bits per heavy atom. The molecule has 0 bridgehead atoms. The van der Waals surface area contributed by atoms with E-state index in [9.17, 15) is 13.6 Å². The van der Waals surface area contributed by atoms with Crippen molar-refractivity contribution in [3.05, 3.63) is 41.2 Å². The minimum absolute atomic E-state index is 0.382. The average molecular weight is 438 g/mol. The fourth-order valence-corrected chi connectivity index (χ4v) is 4.16. The third-order valence-electron chi connectivity index (χ3n) is 5.47. The highest BCUT2D eigenvalue weighted by Gasteiger charge is 2.30. The molecule has 0 N–H and O–H groups in total. The molecule has 30 heavy (non-hydrogen) atoms. The first-order valence-corrected chi connectivity index (χ1v) is 10.0. The average Bonchev–Trinajstić information content (AvgIpc) is 3.25. The van der Waals surface area contributed by atoms with Crippen molar-refractivity contribution in [2.45, 2.75) is 19.8 Å². The number of ether oxygens (including phenoxy) is 1. The van der Waals surface area contributed by atoms with E-state index >= 15 is 0 Å².